The molecule has 1 saturated heterocycles. The second kappa shape index (κ2) is 4.49. The van der Waals surface area contributed by atoms with Crippen molar-refractivity contribution in [3.05, 3.63) is 42.0 Å². The number of phenolic OH excluding ortho intramolecular Hbond substituents is 1. The minimum Gasteiger partial charge on any atom is -0.506 e. The van der Waals surface area contributed by atoms with Gasteiger partial charge in [0.25, 0.3) is 5.91 Å². The van der Waals surface area contributed by atoms with Gasteiger partial charge in [-0.25, -0.2) is 0 Å². The second-order valence-electron chi connectivity index (χ2n) is 5.42. The van der Waals surface area contributed by atoms with Crippen LogP contribution in [0.4, 0.5) is 0 Å². The van der Waals surface area contributed by atoms with Crippen LogP contribution in [0, 0.1) is 0 Å². The van der Waals surface area contributed by atoms with Gasteiger partial charge in [0.15, 0.2) is 0 Å². The Hall–Kier alpha value is -2.07. The van der Waals surface area contributed by atoms with E-state index in [9.17, 15) is 15.0 Å². The fourth-order valence-corrected chi connectivity index (χ4v) is 2.63. The van der Waals surface area contributed by atoms with Gasteiger partial charge in [-0.05, 0) is 17.9 Å². The van der Waals surface area contributed by atoms with Crippen molar-refractivity contribution in [2.45, 2.75) is 18.9 Å². The molecule has 2 N–H and O–H groups in total. The molecule has 3 rings (SSSR count). The molecule has 1 aliphatic rings. The van der Waals surface area contributed by atoms with E-state index in [-0.39, 0.29) is 11.7 Å². The molecule has 0 unspecified atom stereocenters. The van der Waals surface area contributed by atoms with E-state index >= 15 is 0 Å². The van der Waals surface area contributed by atoms with Gasteiger partial charge >= 0.3 is 0 Å². The maximum Gasteiger partial charge on any atom is 0.257 e. The third-order valence-corrected chi connectivity index (χ3v) is 4.05. The molecule has 0 radical (unpaired) electrons. The molecule has 4 nitrogen and oxygen atoms in total. The molecule has 0 atom stereocenters. The van der Waals surface area contributed by atoms with Gasteiger partial charge in [-0.1, -0.05) is 37.3 Å². The molecule has 0 spiro atoms. The van der Waals surface area contributed by atoms with Crippen molar-refractivity contribution in [2.75, 3.05) is 13.1 Å². The van der Waals surface area contributed by atoms with Crippen LogP contribution in [0.2, 0.25) is 0 Å². The lowest BCUT2D eigenvalue weighted by Gasteiger charge is -2.46. The van der Waals surface area contributed by atoms with Crippen molar-refractivity contribution < 1.29 is 15.0 Å². The normalized spacial score (nSPS) is 17.0. The van der Waals surface area contributed by atoms with Crippen molar-refractivity contribution in [2.24, 2.45) is 0 Å². The Bertz CT molecular complexity index is 674. The van der Waals surface area contributed by atoms with Crippen molar-refractivity contribution >= 4 is 16.7 Å². The minimum absolute atomic E-state index is 0.0139. The third kappa shape index (κ3) is 1.93. The van der Waals surface area contributed by atoms with Gasteiger partial charge in [-0.3, -0.25) is 4.79 Å². The molecule has 104 valence electrons. The van der Waals surface area contributed by atoms with Crippen LogP contribution in [0.5, 0.6) is 5.75 Å². The highest BCUT2D eigenvalue weighted by atomic mass is 16.3. The lowest BCUT2D eigenvalue weighted by Crippen LogP contribution is -2.63. The molecule has 20 heavy (non-hydrogen) atoms. The Morgan fingerprint density at radius 2 is 1.95 bits per heavy atom. The Morgan fingerprint density at radius 1 is 1.25 bits per heavy atom. The highest BCUT2D eigenvalue weighted by Crippen LogP contribution is 2.32. The average molecular weight is 271 g/mol. The second-order valence-corrected chi connectivity index (χ2v) is 5.42. The number of hydrogen-bond donors (Lipinski definition) is 2. The monoisotopic (exact) mass is 271 g/mol. The SMILES string of the molecule is CCC1(O)CN(C(=O)c2ccc3ccccc3c2O)C1. The Kier molecular flexibility index (Phi) is 2.91. The fraction of sp³-hybridized carbons (Fsp3) is 0.312. The number of likely N-dealkylation sites (tertiary alicyclic amines) is 1. The standard InChI is InChI=1S/C16H17NO3/c1-2-16(20)9-17(10-16)15(19)13-8-7-11-5-3-4-6-12(11)14(13)18/h3-8,18,20H,2,9-10H2,1H3. The third-order valence-electron chi connectivity index (χ3n) is 4.05. The van der Waals surface area contributed by atoms with Gasteiger partial charge in [-0.15, -0.1) is 0 Å². The number of aliphatic hydroxyl groups is 1. The molecular weight excluding hydrogens is 254 g/mol. The number of carbonyl (C=O) groups is 1. The number of nitrogens with zero attached hydrogens (tertiary/aromatic N) is 1. The summed E-state index contributed by atoms with van der Waals surface area (Å²) < 4.78 is 0. The van der Waals surface area contributed by atoms with Gasteiger partial charge in [0.1, 0.15) is 5.75 Å². The van der Waals surface area contributed by atoms with Gasteiger partial charge in [0, 0.05) is 5.39 Å². The average Bonchev–Trinajstić information content (AvgIpc) is 2.44. The van der Waals surface area contributed by atoms with Crippen LogP contribution in [0.1, 0.15) is 23.7 Å². The van der Waals surface area contributed by atoms with Gasteiger partial charge in [0.2, 0.25) is 0 Å². The van der Waals surface area contributed by atoms with Gasteiger partial charge in [-0.2, -0.15) is 0 Å². The molecule has 0 aliphatic carbocycles. The molecular formula is C16H17NO3. The van der Waals surface area contributed by atoms with Crippen LogP contribution in [-0.4, -0.2) is 39.7 Å². The van der Waals surface area contributed by atoms with Crippen LogP contribution in [0.15, 0.2) is 36.4 Å². The molecule has 1 heterocycles. The number of rotatable bonds is 2. The highest BCUT2D eigenvalue weighted by molar-refractivity contribution is 6.03. The molecule has 2 aromatic rings. The molecule has 0 aromatic heterocycles. The van der Waals surface area contributed by atoms with E-state index in [0.29, 0.717) is 30.5 Å². The lowest BCUT2D eigenvalue weighted by atomic mass is 9.90. The first-order valence-electron chi connectivity index (χ1n) is 6.76. The number of amides is 1. The summed E-state index contributed by atoms with van der Waals surface area (Å²) in [7, 11) is 0. The Balaban J connectivity index is 1.91. The maximum atomic E-state index is 12.3. The van der Waals surface area contributed by atoms with E-state index < -0.39 is 5.60 Å². The number of carbonyl (C=O) groups excluding carboxylic acids is 1. The molecule has 1 aliphatic heterocycles. The number of β-amino-alcohol motifs (C(OH)–C–C–N with tert-alkyl or cyclic N) is 1. The zero-order valence-corrected chi connectivity index (χ0v) is 11.3. The summed E-state index contributed by atoms with van der Waals surface area (Å²) in [6, 6.07) is 10.9. The van der Waals surface area contributed by atoms with Gasteiger partial charge in [0.05, 0.1) is 24.3 Å². The van der Waals surface area contributed by atoms with Crippen LogP contribution in [0.3, 0.4) is 0 Å². The number of aromatic hydroxyl groups is 1. The van der Waals surface area contributed by atoms with Crippen LogP contribution < -0.4 is 0 Å². The molecule has 1 fully saturated rings. The zero-order valence-electron chi connectivity index (χ0n) is 11.3. The largest absolute Gasteiger partial charge is 0.506 e. The first-order chi connectivity index (χ1) is 9.54. The Morgan fingerprint density at radius 3 is 2.65 bits per heavy atom. The van der Waals surface area contributed by atoms with E-state index in [1.54, 1.807) is 17.0 Å². The molecule has 2 aromatic carbocycles. The van der Waals surface area contributed by atoms with Crippen LogP contribution >= 0.6 is 0 Å². The summed E-state index contributed by atoms with van der Waals surface area (Å²) in [5.74, 6) is -0.216. The molecule has 0 bridgehead atoms. The summed E-state index contributed by atoms with van der Waals surface area (Å²) in [6.07, 6.45) is 0.625. The van der Waals surface area contributed by atoms with Crippen molar-refractivity contribution in [3.8, 4) is 5.75 Å². The number of hydrogen-bond acceptors (Lipinski definition) is 3. The first kappa shape index (κ1) is 12.9. The molecule has 4 heteroatoms. The quantitative estimate of drug-likeness (QED) is 0.879. The molecule has 1 amide bonds. The van der Waals surface area contributed by atoms with Crippen molar-refractivity contribution in [1.82, 2.24) is 4.90 Å². The predicted molar refractivity (Wildman–Crippen MR) is 76.8 cm³/mol. The Labute approximate surface area is 117 Å². The first-order valence-corrected chi connectivity index (χ1v) is 6.76. The summed E-state index contributed by atoms with van der Waals surface area (Å²) in [5.41, 5.74) is -0.468. The number of benzene rings is 2. The van der Waals surface area contributed by atoms with E-state index in [1.807, 2.05) is 31.2 Å². The fourth-order valence-electron chi connectivity index (χ4n) is 2.63. The topological polar surface area (TPSA) is 60.8 Å². The summed E-state index contributed by atoms with van der Waals surface area (Å²) in [5, 5.41) is 21.8. The van der Waals surface area contributed by atoms with E-state index in [4.69, 9.17) is 0 Å². The zero-order chi connectivity index (χ0) is 14.3. The highest BCUT2D eigenvalue weighted by Gasteiger charge is 2.42. The minimum atomic E-state index is -0.762. The van der Waals surface area contributed by atoms with Crippen molar-refractivity contribution in [1.29, 1.82) is 0 Å². The van der Waals surface area contributed by atoms with Crippen molar-refractivity contribution in [3.63, 3.8) is 0 Å². The smallest absolute Gasteiger partial charge is 0.257 e. The maximum absolute atomic E-state index is 12.3. The van der Waals surface area contributed by atoms with Crippen LogP contribution in [0.25, 0.3) is 10.8 Å². The summed E-state index contributed by atoms with van der Waals surface area (Å²) >= 11 is 0. The van der Waals surface area contributed by atoms with E-state index in [2.05, 4.69) is 0 Å². The molecule has 0 saturated carbocycles. The van der Waals surface area contributed by atoms with Crippen LogP contribution in [-0.2, 0) is 0 Å². The van der Waals surface area contributed by atoms with E-state index in [0.717, 1.165) is 5.39 Å². The summed E-state index contributed by atoms with van der Waals surface area (Å²) in [6.45, 7) is 2.55. The number of fused-ring (bicyclic) bond motifs is 1. The van der Waals surface area contributed by atoms with Gasteiger partial charge < -0.3 is 15.1 Å². The predicted octanol–water partition coefficient (Wildman–Crippen LogP) is 2.14. The van der Waals surface area contributed by atoms with E-state index in [1.165, 1.54) is 0 Å². The summed E-state index contributed by atoms with van der Waals surface area (Å²) in [4.78, 5) is 13.9. The lowest BCUT2D eigenvalue weighted by molar-refractivity contribution is -0.0827. The number of phenols is 1.